The van der Waals surface area contributed by atoms with Crippen LogP contribution in [0.3, 0.4) is 0 Å². The fourth-order valence-corrected chi connectivity index (χ4v) is 1.88. The Hall–Kier alpha value is -0.940. The van der Waals surface area contributed by atoms with Crippen molar-refractivity contribution in [2.24, 2.45) is 0 Å². The monoisotopic (exact) mass is 256 g/mol. The number of carbonyl (C=O) groups is 1. The van der Waals surface area contributed by atoms with Crippen LogP contribution in [0.4, 0.5) is 0 Å². The first-order chi connectivity index (χ1) is 8.26. The molecule has 4 nitrogen and oxygen atoms in total. The summed E-state index contributed by atoms with van der Waals surface area (Å²) in [5, 5.41) is 5.94. The highest BCUT2D eigenvalue weighted by molar-refractivity contribution is 7.97. The highest BCUT2D eigenvalue weighted by atomic mass is 32.2. The number of hydrogen-bond donors (Lipinski definition) is 2. The van der Waals surface area contributed by atoms with Gasteiger partial charge in [0.25, 0.3) is 0 Å². The second-order valence-electron chi connectivity index (χ2n) is 3.68. The molecule has 0 atom stereocenters. The number of thioether (sulfide) groups is 1. The van der Waals surface area contributed by atoms with E-state index in [1.165, 1.54) is 0 Å². The van der Waals surface area contributed by atoms with Crippen molar-refractivity contribution in [3.05, 3.63) is 23.7 Å². The van der Waals surface area contributed by atoms with E-state index >= 15 is 0 Å². The Kier molecular flexibility index (Phi) is 6.81. The van der Waals surface area contributed by atoms with Gasteiger partial charge in [-0.05, 0) is 25.3 Å². The van der Waals surface area contributed by atoms with Crippen LogP contribution >= 0.6 is 11.8 Å². The largest absolute Gasteiger partial charge is 0.464 e. The van der Waals surface area contributed by atoms with E-state index in [1.807, 2.05) is 25.3 Å². The molecular formula is C12H20N2O2S. The Morgan fingerprint density at radius 3 is 2.88 bits per heavy atom. The molecule has 0 aliphatic carbocycles. The zero-order chi connectivity index (χ0) is 12.5. The van der Waals surface area contributed by atoms with E-state index in [2.05, 4.69) is 10.6 Å². The molecule has 1 aromatic rings. The van der Waals surface area contributed by atoms with Crippen LogP contribution in [0.2, 0.25) is 0 Å². The minimum absolute atomic E-state index is 0.0857. The van der Waals surface area contributed by atoms with Gasteiger partial charge in [-0.1, -0.05) is 0 Å². The SMILES string of the molecule is CCNC(=O)CCNCc1ccc(CSC)o1. The first-order valence-electron chi connectivity index (χ1n) is 5.80. The number of nitrogens with one attached hydrogen (secondary N) is 2. The molecule has 2 N–H and O–H groups in total. The van der Waals surface area contributed by atoms with Crippen molar-refractivity contribution in [2.45, 2.75) is 25.6 Å². The van der Waals surface area contributed by atoms with E-state index in [0.717, 1.165) is 17.3 Å². The predicted octanol–water partition coefficient (Wildman–Crippen LogP) is 1.76. The second kappa shape index (κ2) is 8.20. The summed E-state index contributed by atoms with van der Waals surface area (Å²) >= 11 is 1.74. The maximum atomic E-state index is 11.2. The van der Waals surface area contributed by atoms with Gasteiger partial charge in [-0.2, -0.15) is 11.8 Å². The molecule has 0 spiro atoms. The molecule has 0 aliphatic rings. The smallest absolute Gasteiger partial charge is 0.221 e. The van der Waals surface area contributed by atoms with Crippen LogP contribution in [0.5, 0.6) is 0 Å². The quantitative estimate of drug-likeness (QED) is 0.696. The summed E-state index contributed by atoms with van der Waals surface area (Å²) in [5.41, 5.74) is 0. The van der Waals surface area contributed by atoms with Crippen molar-refractivity contribution in [3.63, 3.8) is 0 Å². The van der Waals surface area contributed by atoms with Crippen LogP contribution in [-0.2, 0) is 17.1 Å². The Labute approximate surface area is 107 Å². The Morgan fingerprint density at radius 1 is 1.41 bits per heavy atom. The van der Waals surface area contributed by atoms with Gasteiger partial charge >= 0.3 is 0 Å². The van der Waals surface area contributed by atoms with E-state index in [0.29, 0.717) is 26.1 Å². The lowest BCUT2D eigenvalue weighted by molar-refractivity contribution is -0.120. The van der Waals surface area contributed by atoms with Crippen molar-refractivity contribution in [1.82, 2.24) is 10.6 Å². The van der Waals surface area contributed by atoms with Crippen molar-refractivity contribution in [1.29, 1.82) is 0 Å². The van der Waals surface area contributed by atoms with Gasteiger partial charge in [0.2, 0.25) is 5.91 Å². The van der Waals surface area contributed by atoms with Gasteiger partial charge in [0.1, 0.15) is 11.5 Å². The average Bonchev–Trinajstić information content (AvgIpc) is 2.73. The topological polar surface area (TPSA) is 54.3 Å². The molecule has 0 bridgehead atoms. The molecule has 0 unspecified atom stereocenters. The van der Waals surface area contributed by atoms with Gasteiger partial charge in [-0.25, -0.2) is 0 Å². The van der Waals surface area contributed by atoms with Crippen LogP contribution in [0, 0.1) is 0 Å². The van der Waals surface area contributed by atoms with Crippen molar-refractivity contribution >= 4 is 17.7 Å². The minimum atomic E-state index is 0.0857. The molecule has 96 valence electrons. The minimum Gasteiger partial charge on any atom is -0.464 e. The van der Waals surface area contributed by atoms with Crippen molar-refractivity contribution in [2.75, 3.05) is 19.3 Å². The lowest BCUT2D eigenvalue weighted by atomic mass is 10.3. The van der Waals surface area contributed by atoms with E-state index in [1.54, 1.807) is 11.8 Å². The van der Waals surface area contributed by atoms with E-state index in [-0.39, 0.29) is 5.91 Å². The molecule has 1 heterocycles. The van der Waals surface area contributed by atoms with Gasteiger partial charge in [0.15, 0.2) is 0 Å². The van der Waals surface area contributed by atoms with E-state index in [9.17, 15) is 4.79 Å². The number of hydrogen-bond acceptors (Lipinski definition) is 4. The van der Waals surface area contributed by atoms with Gasteiger partial charge in [-0.3, -0.25) is 4.79 Å². The Bertz CT molecular complexity index is 339. The molecule has 1 aromatic heterocycles. The van der Waals surface area contributed by atoms with E-state index in [4.69, 9.17) is 4.42 Å². The fraction of sp³-hybridized carbons (Fsp3) is 0.583. The predicted molar refractivity (Wildman–Crippen MR) is 70.9 cm³/mol. The summed E-state index contributed by atoms with van der Waals surface area (Å²) < 4.78 is 5.59. The summed E-state index contributed by atoms with van der Waals surface area (Å²) in [6.07, 6.45) is 2.55. The third-order valence-electron chi connectivity index (χ3n) is 2.21. The second-order valence-corrected chi connectivity index (χ2v) is 4.55. The van der Waals surface area contributed by atoms with E-state index < -0.39 is 0 Å². The van der Waals surface area contributed by atoms with Crippen molar-refractivity contribution < 1.29 is 9.21 Å². The number of furan rings is 1. The van der Waals surface area contributed by atoms with Crippen LogP contribution < -0.4 is 10.6 Å². The maximum absolute atomic E-state index is 11.2. The standard InChI is InChI=1S/C12H20N2O2S/c1-3-14-12(15)6-7-13-8-10-4-5-11(16-10)9-17-2/h4-5,13H,3,6-9H2,1-2H3,(H,14,15). The molecule has 5 heteroatoms. The van der Waals surface area contributed by atoms with Gasteiger partial charge in [0.05, 0.1) is 12.3 Å². The number of carbonyl (C=O) groups excluding carboxylic acids is 1. The first kappa shape index (κ1) is 14.1. The normalized spacial score (nSPS) is 10.5. The summed E-state index contributed by atoms with van der Waals surface area (Å²) in [6, 6.07) is 3.97. The maximum Gasteiger partial charge on any atom is 0.221 e. The summed E-state index contributed by atoms with van der Waals surface area (Å²) in [6.45, 7) is 3.95. The molecule has 0 saturated heterocycles. The van der Waals surface area contributed by atoms with Gasteiger partial charge < -0.3 is 15.1 Å². The first-order valence-corrected chi connectivity index (χ1v) is 7.19. The summed E-state index contributed by atoms with van der Waals surface area (Å²) in [7, 11) is 0. The zero-order valence-electron chi connectivity index (χ0n) is 10.4. The number of amides is 1. The molecule has 0 saturated carbocycles. The molecule has 0 aromatic carbocycles. The molecule has 0 aliphatic heterocycles. The van der Waals surface area contributed by atoms with Gasteiger partial charge in [-0.15, -0.1) is 0 Å². The fourth-order valence-electron chi connectivity index (χ4n) is 1.44. The highest BCUT2D eigenvalue weighted by Crippen LogP contribution is 2.12. The summed E-state index contributed by atoms with van der Waals surface area (Å²) in [5.74, 6) is 2.91. The average molecular weight is 256 g/mol. The van der Waals surface area contributed by atoms with Crippen molar-refractivity contribution in [3.8, 4) is 0 Å². The molecule has 1 amide bonds. The molecule has 1 rings (SSSR count). The Morgan fingerprint density at radius 2 is 2.18 bits per heavy atom. The molecular weight excluding hydrogens is 236 g/mol. The lowest BCUT2D eigenvalue weighted by Gasteiger charge is -2.03. The molecule has 0 radical (unpaired) electrons. The molecule has 0 fully saturated rings. The van der Waals surface area contributed by atoms with Crippen LogP contribution in [0.25, 0.3) is 0 Å². The van der Waals surface area contributed by atoms with Crippen LogP contribution in [0.15, 0.2) is 16.5 Å². The lowest BCUT2D eigenvalue weighted by Crippen LogP contribution is -2.27. The zero-order valence-corrected chi connectivity index (χ0v) is 11.2. The highest BCUT2D eigenvalue weighted by Gasteiger charge is 2.02. The van der Waals surface area contributed by atoms with Gasteiger partial charge in [0, 0.05) is 19.5 Å². The third kappa shape index (κ3) is 5.79. The third-order valence-corrected chi connectivity index (χ3v) is 2.78. The van der Waals surface area contributed by atoms with Crippen LogP contribution in [0.1, 0.15) is 24.9 Å². The number of rotatable bonds is 8. The van der Waals surface area contributed by atoms with Crippen LogP contribution in [-0.4, -0.2) is 25.3 Å². The Balaban J connectivity index is 2.15. The molecule has 17 heavy (non-hydrogen) atoms. The summed E-state index contributed by atoms with van der Waals surface area (Å²) in [4.78, 5) is 11.2.